The maximum Gasteiger partial charge on any atom is 0.122 e. The van der Waals surface area contributed by atoms with Gasteiger partial charge in [-0.1, -0.05) is 13.8 Å². The molecule has 2 nitrogen and oxygen atoms in total. The van der Waals surface area contributed by atoms with E-state index in [2.05, 4.69) is 13.8 Å². The Hall–Kier alpha value is -1.18. The number of anilines is 1. The van der Waals surface area contributed by atoms with Crippen molar-refractivity contribution in [1.82, 2.24) is 0 Å². The number of hydrogen-bond acceptors (Lipinski definition) is 2. The molecule has 0 spiro atoms. The lowest BCUT2D eigenvalue weighted by molar-refractivity contribution is 0.269. The van der Waals surface area contributed by atoms with Gasteiger partial charge in [-0.15, -0.1) is 0 Å². The van der Waals surface area contributed by atoms with E-state index in [1.54, 1.807) is 0 Å². The van der Waals surface area contributed by atoms with Crippen molar-refractivity contribution in [3.8, 4) is 5.75 Å². The summed E-state index contributed by atoms with van der Waals surface area (Å²) in [6.45, 7) is 7.02. The molecule has 0 atom stereocenters. The molecule has 0 heterocycles. The molecule has 2 N–H and O–H groups in total. The van der Waals surface area contributed by atoms with E-state index in [9.17, 15) is 0 Å². The highest BCUT2D eigenvalue weighted by molar-refractivity contribution is 5.47. The zero-order valence-electron chi connectivity index (χ0n) is 8.50. The summed E-state index contributed by atoms with van der Waals surface area (Å²) in [4.78, 5) is 0. The van der Waals surface area contributed by atoms with Crippen LogP contribution in [0.5, 0.6) is 5.75 Å². The third-order valence-electron chi connectivity index (χ3n) is 1.77. The van der Waals surface area contributed by atoms with Gasteiger partial charge in [-0.2, -0.15) is 0 Å². The van der Waals surface area contributed by atoms with Crippen LogP contribution in [0.15, 0.2) is 18.2 Å². The molecule has 0 saturated carbocycles. The van der Waals surface area contributed by atoms with Crippen LogP contribution in [-0.4, -0.2) is 6.61 Å². The second kappa shape index (κ2) is 4.17. The molecule has 0 aliphatic heterocycles. The lowest BCUT2D eigenvalue weighted by Crippen LogP contribution is -2.05. The number of rotatable bonds is 3. The molecule has 0 amide bonds. The maximum absolute atomic E-state index is 5.63. The molecule has 0 unspecified atom stereocenters. The van der Waals surface area contributed by atoms with Gasteiger partial charge in [-0.05, 0) is 36.6 Å². The van der Waals surface area contributed by atoms with E-state index >= 15 is 0 Å². The second-order valence-electron chi connectivity index (χ2n) is 3.73. The third-order valence-corrected chi connectivity index (χ3v) is 1.77. The summed E-state index contributed by atoms with van der Waals surface area (Å²) in [6.07, 6.45) is 0. The molecule has 0 fully saturated rings. The molecule has 0 saturated heterocycles. The van der Waals surface area contributed by atoms with Crippen LogP contribution in [-0.2, 0) is 0 Å². The SMILES string of the molecule is Cc1cc(N)ccc1OCC(C)C. The van der Waals surface area contributed by atoms with Crippen LogP contribution in [0.1, 0.15) is 19.4 Å². The van der Waals surface area contributed by atoms with E-state index in [1.165, 1.54) is 0 Å². The molecule has 1 rings (SSSR count). The quantitative estimate of drug-likeness (QED) is 0.724. The van der Waals surface area contributed by atoms with Crippen LogP contribution in [0.25, 0.3) is 0 Å². The molecule has 0 aromatic heterocycles. The largest absolute Gasteiger partial charge is 0.493 e. The fraction of sp³-hybridized carbons (Fsp3) is 0.455. The van der Waals surface area contributed by atoms with Gasteiger partial charge < -0.3 is 10.5 Å². The minimum Gasteiger partial charge on any atom is -0.493 e. The number of nitrogen functional groups attached to an aromatic ring is 1. The van der Waals surface area contributed by atoms with E-state index in [0.717, 1.165) is 23.6 Å². The number of hydrogen-bond donors (Lipinski definition) is 1. The fourth-order valence-corrected chi connectivity index (χ4v) is 1.09. The van der Waals surface area contributed by atoms with Gasteiger partial charge in [-0.25, -0.2) is 0 Å². The van der Waals surface area contributed by atoms with Crippen molar-refractivity contribution >= 4 is 5.69 Å². The number of ether oxygens (including phenoxy) is 1. The third kappa shape index (κ3) is 2.98. The van der Waals surface area contributed by atoms with Gasteiger partial charge in [0, 0.05) is 5.69 Å². The lowest BCUT2D eigenvalue weighted by Gasteiger charge is -2.11. The highest BCUT2D eigenvalue weighted by Gasteiger charge is 2.00. The van der Waals surface area contributed by atoms with E-state index in [1.807, 2.05) is 25.1 Å². The first-order chi connectivity index (χ1) is 6.09. The smallest absolute Gasteiger partial charge is 0.122 e. The van der Waals surface area contributed by atoms with E-state index < -0.39 is 0 Å². The van der Waals surface area contributed by atoms with Crippen molar-refractivity contribution in [2.75, 3.05) is 12.3 Å². The molecule has 13 heavy (non-hydrogen) atoms. The highest BCUT2D eigenvalue weighted by Crippen LogP contribution is 2.20. The van der Waals surface area contributed by atoms with Crippen LogP contribution in [0.3, 0.4) is 0 Å². The van der Waals surface area contributed by atoms with Crippen molar-refractivity contribution in [3.05, 3.63) is 23.8 Å². The second-order valence-corrected chi connectivity index (χ2v) is 3.73. The fourth-order valence-electron chi connectivity index (χ4n) is 1.09. The van der Waals surface area contributed by atoms with Crippen LogP contribution >= 0.6 is 0 Å². The van der Waals surface area contributed by atoms with Gasteiger partial charge in [0.1, 0.15) is 5.75 Å². The van der Waals surface area contributed by atoms with Crippen molar-refractivity contribution in [3.63, 3.8) is 0 Å². The van der Waals surface area contributed by atoms with Gasteiger partial charge in [0.2, 0.25) is 0 Å². The van der Waals surface area contributed by atoms with E-state index in [0.29, 0.717) is 5.92 Å². The average molecular weight is 179 g/mol. The highest BCUT2D eigenvalue weighted by atomic mass is 16.5. The van der Waals surface area contributed by atoms with Crippen molar-refractivity contribution in [2.45, 2.75) is 20.8 Å². The molecule has 1 aromatic carbocycles. The summed E-state index contributed by atoms with van der Waals surface area (Å²) < 4.78 is 5.60. The van der Waals surface area contributed by atoms with Gasteiger partial charge in [0.05, 0.1) is 6.61 Å². The Bertz CT molecular complexity index is 281. The number of aryl methyl sites for hydroxylation is 1. The first kappa shape index (κ1) is 9.90. The number of nitrogens with two attached hydrogens (primary N) is 1. The first-order valence-electron chi connectivity index (χ1n) is 4.58. The molecular formula is C11H17NO. The van der Waals surface area contributed by atoms with Crippen molar-refractivity contribution < 1.29 is 4.74 Å². The molecule has 1 aromatic rings. The zero-order valence-corrected chi connectivity index (χ0v) is 8.50. The summed E-state index contributed by atoms with van der Waals surface area (Å²) in [5.74, 6) is 1.49. The lowest BCUT2D eigenvalue weighted by atomic mass is 10.2. The summed E-state index contributed by atoms with van der Waals surface area (Å²) in [6, 6.07) is 5.71. The molecule has 0 radical (unpaired) electrons. The van der Waals surface area contributed by atoms with E-state index in [-0.39, 0.29) is 0 Å². The standard InChI is InChI=1S/C11H17NO/c1-8(2)7-13-11-5-4-10(12)6-9(11)3/h4-6,8H,7,12H2,1-3H3. The Balaban J connectivity index is 2.67. The summed E-state index contributed by atoms with van der Waals surface area (Å²) in [5, 5.41) is 0. The van der Waals surface area contributed by atoms with Gasteiger partial charge in [0.15, 0.2) is 0 Å². The minimum absolute atomic E-state index is 0.553. The zero-order chi connectivity index (χ0) is 9.84. The Morgan fingerprint density at radius 1 is 1.38 bits per heavy atom. The van der Waals surface area contributed by atoms with Gasteiger partial charge in [0.25, 0.3) is 0 Å². The Labute approximate surface area is 79.7 Å². The Kier molecular flexibility index (Phi) is 3.18. The van der Waals surface area contributed by atoms with E-state index in [4.69, 9.17) is 10.5 Å². The summed E-state index contributed by atoms with van der Waals surface area (Å²) >= 11 is 0. The summed E-state index contributed by atoms with van der Waals surface area (Å²) in [5.41, 5.74) is 7.51. The monoisotopic (exact) mass is 179 g/mol. The predicted octanol–water partition coefficient (Wildman–Crippen LogP) is 2.61. The molecule has 0 aliphatic carbocycles. The van der Waals surface area contributed by atoms with Gasteiger partial charge in [-0.3, -0.25) is 0 Å². The minimum atomic E-state index is 0.553. The molecule has 0 aliphatic rings. The average Bonchev–Trinajstić information content (AvgIpc) is 2.02. The Morgan fingerprint density at radius 3 is 2.62 bits per heavy atom. The van der Waals surface area contributed by atoms with Crippen LogP contribution in [0.4, 0.5) is 5.69 Å². The van der Waals surface area contributed by atoms with Crippen molar-refractivity contribution in [1.29, 1.82) is 0 Å². The Morgan fingerprint density at radius 2 is 2.08 bits per heavy atom. The normalized spacial score (nSPS) is 10.5. The summed E-state index contributed by atoms with van der Waals surface area (Å²) in [7, 11) is 0. The number of benzene rings is 1. The van der Waals surface area contributed by atoms with Gasteiger partial charge >= 0.3 is 0 Å². The molecule has 72 valence electrons. The molecular weight excluding hydrogens is 162 g/mol. The van der Waals surface area contributed by atoms with Crippen molar-refractivity contribution in [2.24, 2.45) is 5.92 Å². The predicted molar refractivity (Wildman–Crippen MR) is 55.9 cm³/mol. The first-order valence-corrected chi connectivity index (χ1v) is 4.58. The van der Waals surface area contributed by atoms with Crippen LogP contribution < -0.4 is 10.5 Å². The van der Waals surface area contributed by atoms with Crippen LogP contribution in [0, 0.1) is 12.8 Å². The maximum atomic E-state index is 5.63. The topological polar surface area (TPSA) is 35.2 Å². The molecule has 2 heteroatoms. The molecule has 0 bridgehead atoms. The van der Waals surface area contributed by atoms with Crippen LogP contribution in [0.2, 0.25) is 0 Å².